The molecule has 13 nitrogen and oxygen atoms in total. The number of carbonyl (C=O) groups is 1. The van der Waals surface area contributed by atoms with Gasteiger partial charge in [0, 0.05) is 25.4 Å². The summed E-state index contributed by atoms with van der Waals surface area (Å²) in [5, 5.41) is 2.71. The van der Waals surface area contributed by atoms with Crippen molar-refractivity contribution in [1.82, 2.24) is 14.2 Å². The van der Waals surface area contributed by atoms with Crippen LogP contribution in [0.4, 0.5) is 17.1 Å². The molecule has 0 radical (unpaired) electrons. The van der Waals surface area contributed by atoms with Crippen molar-refractivity contribution in [3.63, 3.8) is 0 Å². The van der Waals surface area contributed by atoms with Gasteiger partial charge in [-0.15, -0.1) is 0 Å². The van der Waals surface area contributed by atoms with Crippen LogP contribution in [0.1, 0.15) is 23.6 Å². The molecule has 3 aromatic rings. The third-order valence-corrected chi connectivity index (χ3v) is 12.2. The Balaban J connectivity index is 0.000000356. The Kier molecular flexibility index (Phi) is 18.7. The molecule has 262 valence electrons. The van der Waals surface area contributed by atoms with E-state index < -0.39 is 30.1 Å². The number of halogens is 2. The number of nitrogens with one attached hydrogen (secondary N) is 4. The Morgan fingerprint density at radius 1 is 0.617 bits per heavy atom. The van der Waals surface area contributed by atoms with E-state index in [0.29, 0.717) is 24.9 Å². The minimum Gasteiger partial charge on any atom is -0.399 e. The summed E-state index contributed by atoms with van der Waals surface area (Å²) in [5.41, 5.74) is 16.2. The van der Waals surface area contributed by atoms with Crippen LogP contribution in [0.25, 0.3) is 0 Å². The van der Waals surface area contributed by atoms with Gasteiger partial charge in [-0.05, 0) is 139 Å². The van der Waals surface area contributed by atoms with Crippen LogP contribution in [0.3, 0.4) is 0 Å². The van der Waals surface area contributed by atoms with Gasteiger partial charge in [-0.1, -0.05) is 24.3 Å². The molecule has 0 saturated heterocycles. The Bertz CT molecular complexity index is 1790. The van der Waals surface area contributed by atoms with Crippen LogP contribution in [0, 0.1) is 7.14 Å². The molecule has 0 atom stereocenters. The number of nitrogen functional groups attached to an aromatic ring is 2. The highest BCUT2D eigenvalue weighted by molar-refractivity contribution is 14.1. The number of sulfonamides is 3. The SMILES string of the molecule is CNS(=O)(=O)CCc1ccc(N)c(I)c1.CNS(=O)(=O)CCc1ccc(N)cc1.CNS(=O)(=O)CCc1ccc(NC(C)=O)c(I)c1. The van der Waals surface area contributed by atoms with E-state index in [0.717, 1.165) is 35.2 Å². The van der Waals surface area contributed by atoms with Crippen molar-refractivity contribution in [2.45, 2.75) is 26.2 Å². The van der Waals surface area contributed by atoms with E-state index in [9.17, 15) is 30.0 Å². The first-order valence-corrected chi connectivity index (χ1v) is 21.1. The first-order valence-electron chi connectivity index (χ1n) is 14.0. The fourth-order valence-corrected chi connectivity index (χ4v) is 6.90. The molecule has 47 heavy (non-hydrogen) atoms. The van der Waals surface area contributed by atoms with Crippen molar-refractivity contribution in [3.05, 3.63) is 84.5 Å². The first-order chi connectivity index (χ1) is 21.8. The molecule has 0 heterocycles. The third-order valence-electron chi connectivity index (χ3n) is 6.30. The summed E-state index contributed by atoms with van der Waals surface area (Å²) < 4.78 is 75.9. The van der Waals surface area contributed by atoms with Crippen LogP contribution < -0.4 is 31.0 Å². The number of aryl methyl sites for hydroxylation is 3. The summed E-state index contributed by atoms with van der Waals surface area (Å²) in [4.78, 5) is 10.9. The summed E-state index contributed by atoms with van der Waals surface area (Å²) in [6.07, 6.45) is 1.45. The van der Waals surface area contributed by atoms with Crippen molar-refractivity contribution in [3.8, 4) is 0 Å². The van der Waals surface area contributed by atoms with Crippen molar-refractivity contribution in [2.75, 3.05) is 55.2 Å². The molecule has 1 amide bonds. The molecule has 0 fully saturated rings. The maximum absolute atomic E-state index is 11.3. The van der Waals surface area contributed by atoms with Gasteiger partial charge in [-0.25, -0.2) is 39.4 Å². The molecule has 18 heteroatoms. The molecular weight excluding hydrogens is 894 g/mol. The van der Waals surface area contributed by atoms with E-state index in [1.54, 1.807) is 24.3 Å². The second kappa shape index (κ2) is 20.4. The number of nitrogens with two attached hydrogens (primary N) is 2. The summed E-state index contributed by atoms with van der Waals surface area (Å²) in [5.74, 6) is 0.133. The van der Waals surface area contributed by atoms with Gasteiger partial charge in [0.25, 0.3) is 0 Å². The van der Waals surface area contributed by atoms with E-state index in [1.807, 2.05) is 36.4 Å². The number of hydrogen-bond acceptors (Lipinski definition) is 9. The van der Waals surface area contributed by atoms with E-state index in [4.69, 9.17) is 11.5 Å². The smallest absolute Gasteiger partial charge is 0.221 e. The third kappa shape index (κ3) is 18.3. The highest BCUT2D eigenvalue weighted by Gasteiger charge is 2.10. The maximum Gasteiger partial charge on any atom is 0.221 e. The van der Waals surface area contributed by atoms with Gasteiger partial charge in [0.15, 0.2) is 0 Å². The quantitative estimate of drug-likeness (QED) is 0.110. The molecule has 3 rings (SSSR count). The normalized spacial score (nSPS) is 11.4. The summed E-state index contributed by atoms with van der Waals surface area (Å²) in [7, 11) is -5.18. The maximum atomic E-state index is 11.3. The number of rotatable bonds is 13. The monoisotopic (exact) mass is 936 g/mol. The number of anilines is 3. The van der Waals surface area contributed by atoms with Crippen molar-refractivity contribution in [2.24, 2.45) is 0 Å². The lowest BCUT2D eigenvalue weighted by Crippen LogP contribution is -2.23. The van der Waals surface area contributed by atoms with Gasteiger partial charge in [-0.3, -0.25) is 4.79 Å². The molecule has 3 aromatic carbocycles. The summed E-state index contributed by atoms with van der Waals surface area (Å²) >= 11 is 4.24. The van der Waals surface area contributed by atoms with Gasteiger partial charge in [0.1, 0.15) is 0 Å². The zero-order valence-corrected chi connectivity index (χ0v) is 33.3. The Labute approximate surface area is 305 Å². The van der Waals surface area contributed by atoms with Crippen LogP contribution in [-0.2, 0) is 54.1 Å². The summed E-state index contributed by atoms with van der Waals surface area (Å²) in [6, 6.07) is 18.2. The van der Waals surface area contributed by atoms with Gasteiger partial charge >= 0.3 is 0 Å². The van der Waals surface area contributed by atoms with E-state index in [-0.39, 0.29) is 23.2 Å². The molecule has 0 aromatic heterocycles. The van der Waals surface area contributed by atoms with E-state index in [2.05, 4.69) is 64.7 Å². The lowest BCUT2D eigenvalue weighted by Gasteiger charge is -2.08. The molecule has 0 aliphatic rings. The average Bonchev–Trinajstić information content (AvgIpc) is 3.02. The molecule has 0 aliphatic heterocycles. The van der Waals surface area contributed by atoms with Crippen molar-refractivity contribution >= 4 is 98.2 Å². The molecule has 8 N–H and O–H groups in total. The zero-order valence-electron chi connectivity index (χ0n) is 26.5. The van der Waals surface area contributed by atoms with Crippen LogP contribution in [0.5, 0.6) is 0 Å². The summed E-state index contributed by atoms with van der Waals surface area (Å²) in [6.45, 7) is 1.45. The minimum atomic E-state index is -3.18. The standard InChI is InChI=1S/C11H15IN2O3S.C9H13IN2O2S.C9H14N2O2S/c1-8(15)14-11-4-3-9(7-10(11)12)5-6-18(16,17)13-2;1-12-15(13,14)5-4-7-2-3-9(11)8(10)6-7;1-11-14(12,13)7-6-8-2-4-9(10)5-3-8/h3-4,7,13H,5-6H2,1-2H3,(H,14,15);2-3,6,12H,4-5,11H2,1H3;2-5,11H,6-7,10H2,1H3. The lowest BCUT2D eigenvalue weighted by atomic mass is 10.1. The molecular formula is C29H42I2N6O7S3. The van der Waals surface area contributed by atoms with Crippen molar-refractivity contribution in [1.29, 1.82) is 0 Å². The second-order valence-electron chi connectivity index (χ2n) is 9.91. The predicted molar refractivity (Wildman–Crippen MR) is 208 cm³/mol. The number of carbonyl (C=O) groups excluding carboxylic acids is 1. The van der Waals surface area contributed by atoms with Gasteiger partial charge in [0.2, 0.25) is 36.0 Å². The van der Waals surface area contributed by atoms with E-state index in [1.165, 1.54) is 28.1 Å². The van der Waals surface area contributed by atoms with Gasteiger partial charge in [-0.2, -0.15) is 0 Å². The van der Waals surface area contributed by atoms with E-state index >= 15 is 0 Å². The molecule has 0 aliphatic carbocycles. The van der Waals surface area contributed by atoms with Crippen LogP contribution in [0.15, 0.2) is 60.7 Å². The zero-order chi connectivity index (χ0) is 35.8. The first kappa shape index (κ1) is 42.9. The highest BCUT2D eigenvalue weighted by Crippen LogP contribution is 2.20. The Hall–Kier alpha value is -2.08. The van der Waals surface area contributed by atoms with Gasteiger partial charge < -0.3 is 16.8 Å². The van der Waals surface area contributed by atoms with Crippen LogP contribution in [-0.4, -0.2) is 69.6 Å². The minimum absolute atomic E-state index is 0.0546. The molecule has 0 saturated carbocycles. The topological polar surface area (TPSA) is 220 Å². The Morgan fingerprint density at radius 3 is 1.38 bits per heavy atom. The second-order valence-corrected chi connectivity index (χ2v) is 18.4. The van der Waals surface area contributed by atoms with Gasteiger partial charge in [0.05, 0.1) is 22.9 Å². The molecule has 0 bridgehead atoms. The largest absolute Gasteiger partial charge is 0.399 e. The highest BCUT2D eigenvalue weighted by atomic mass is 127. The molecule has 0 unspecified atom stereocenters. The number of amides is 1. The average molecular weight is 937 g/mol. The fraction of sp³-hybridized carbons (Fsp3) is 0.345. The van der Waals surface area contributed by atoms with Crippen molar-refractivity contribution < 1.29 is 30.0 Å². The number of hydrogen-bond donors (Lipinski definition) is 6. The van der Waals surface area contributed by atoms with Crippen LogP contribution in [0.2, 0.25) is 0 Å². The number of benzene rings is 3. The Morgan fingerprint density at radius 2 is 1.00 bits per heavy atom. The fourth-order valence-electron chi connectivity index (χ4n) is 3.48. The molecule has 0 spiro atoms. The van der Waals surface area contributed by atoms with Crippen LogP contribution >= 0.6 is 45.2 Å². The predicted octanol–water partition coefficient (Wildman–Crippen LogP) is 2.67. The lowest BCUT2D eigenvalue weighted by molar-refractivity contribution is -0.114.